The van der Waals surface area contributed by atoms with E-state index in [-0.39, 0.29) is 4.90 Å². The first-order valence-corrected chi connectivity index (χ1v) is 8.05. The molecule has 0 aliphatic carbocycles. The number of anilines is 1. The van der Waals surface area contributed by atoms with Gasteiger partial charge in [-0.1, -0.05) is 15.9 Å². The third kappa shape index (κ3) is 2.94. The standard InChI is InChI=1S/C13H13BrN2O3S/c1-8-5-10(14)6-9(2)13(8)16-20(18,19)12-7-15-4-3-11(12)17/h3-7,16H,1-2H3,(H,15,17). The van der Waals surface area contributed by atoms with Crippen molar-refractivity contribution in [3.63, 3.8) is 0 Å². The zero-order valence-electron chi connectivity index (χ0n) is 10.9. The Bertz CT molecular complexity index is 789. The zero-order chi connectivity index (χ0) is 14.9. The number of aromatic amines is 1. The highest BCUT2D eigenvalue weighted by Crippen LogP contribution is 2.26. The maximum atomic E-state index is 12.3. The van der Waals surface area contributed by atoms with Gasteiger partial charge < -0.3 is 4.98 Å². The Morgan fingerprint density at radius 2 is 1.80 bits per heavy atom. The predicted molar refractivity (Wildman–Crippen MR) is 81.5 cm³/mol. The van der Waals surface area contributed by atoms with Crippen molar-refractivity contribution in [2.45, 2.75) is 18.7 Å². The van der Waals surface area contributed by atoms with E-state index in [0.29, 0.717) is 5.69 Å². The van der Waals surface area contributed by atoms with Crippen molar-refractivity contribution in [3.8, 4) is 0 Å². The van der Waals surface area contributed by atoms with Gasteiger partial charge in [0.2, 0.25) is 5.43 Å². The normalized spacial score (nSPS) is 11.3. The highest BCUT2D eigenvalue weighted by Gasteiger charge is 2.19. The molecule has 0 unspecified atom stereocenters. The molecule has 7 heteroatoms. The minimum absolute atomic E-state index is 0.304. The Hall–Kier alpha value is -1.60. The first kappa shape index (κ1) is 14.8. The second kappa shape index (κ2) is 5.41. The number of sulfonamides is 1. The van der Waals surface area contributed by atoms with E-state index in [9.17, 15) is 13.2 Å². The predicted octanol–water partition coefficient (Wildman–Crippen LogP) is 2.56. The lowest BCUT2D eigenvalue weighted by Crippen LogP contribution is -2.21. The molecular formula is C13H13BrN2O3S. The first-order valence-electron chi connectivity index (χ1n) is 5.78. The molecule has 0 amide bonds. The van der Waals surface area contributed by atoms with Gasteiger partial charge in [-0.2, -0.15) is 0 Å². The third-order valence-corrected chi connectivity index (χ3v) is 4.64. The van der Waals surface area contributed by atoms with Crippen LogP contribution in [0.4, 0.5) is 5.69 Å². The molecule has 20 heavy (non-hydrogen) atoms. The van der Waals surface area contributed by atoms with Gasteiger partial charge in [0.05, 0.1) is 5.69 Å². The topological polar surface area (TPSA) is 79.0 Å². The number of hydrogen-bond acceptors (Lipinski definition) is 3. The van der Waals surface area contributed by atoms with Crippen LogP contribution in [0.15, 0.2) is 44.8 Å². The SMILES string of the molecule is Cc1cc(Br)cc(C)c1NS(=O)(=O)c1c[nH]ccc1=O. The molecule has 0 aliphatic heterocycles. The summed E-state index contributed by atoms with van der Waals surface area (Å²) in [4.78, 5) is 13.9. The highest BCUT2D eigenvalue weighted by molar-refractivity contribution is 9.10. The van der Waals surface area contributed by atoms with E-state index in [1.807, 2.05) is 0 Å². The molecule has 2 rings (SSSR count). The molecule has 1 aromatic heterocycles. The van der Waals surface area contributed by atoms with E-state index < -0.39 is 15.5 Å². The van der Waals surface area contributed by atoms with Crippen LogP contribution in [-0.2, 0) is 10.0 Å². The van der Waals surface area contributed by atoms with Crippen molar-refractivity contribution >= 4 is 31.6 Å². The van der Waals surface area contributed by atoms with Crippen LogP contribution in [0.2, 0.25) is 0 Å². The quantitative estimate of drug-likeness (QED) is 0.886. The van der Waals surface area contributed by atoms with Gasteiger partial charge in [0.15, 0.2) is 4.90 Å². The number of pyridine rings is 1. The van der Waals surface area contributed by atoms with Crippen LogP contribution in [0, 0.1) is 13.8 Å². The Labute approximate surface area is 125 Å². The molecule has 1 heterocycles. The van der Waals surface area contributed by atoms with Gasteiger partial charge in [-0.3, -0.25) is 9.52 Å². The van der Waals surface area contributed by atoms with Crippen LogP contribution >= 0.6 is 15.9 Å². The van der Waals surface area contributed by atoms with E-state index >= 15 is 0 Å². The van der Waals surface area contributed by atoms with Crippen molar-refractivity contribution in [2.24, 2.45) is 0 Å². The summed E-state index contributed by atoms with van der Waals surface area (Å²) in [6, 6.07) is 4.79. The number of H-pyrrole nitrogens is 1. The summed E-state index contributed by atoms with van der Waals surface area (Å²) in [5.41, 5.74) is 1.47. The monoisotopic (exact) mass is 356 g/mol. The lowest BCUT2D eigenvalue weighted by molar-refractivity contribution is 0.600. The maximum Gasteiger partial charge on any atom is 0.267 e. The third-order valence-electron chi connectivity index (χ3n) is 2.81. The Morgan fingerprint density at radius 3 is 2.35 bits per heavy atom. The Morgan fingerprint density at radius 1 is 1.20 bits per heavy atom. The van der Waals surface area contributed by atoms with Crippen molar-refractivity contribution in [1.82, 2.24) is 4.98 Å². The molecule has 1 aromatic carbocycles. The van der Waals surface area contributed by atoms with Gasteiger partial charge in [-0.15, -0.1) is 0 Å². The fourth-order valence-electron chi connectivity index (χ4n) is 1.87. The van der Waals surface area contributed by atoms with Crippen molar-refractivity contribution in [3.05, 3.63) is 56.4 Å². The number of aromatic nitrogens is 1. The lowest BCUT2D eigenvalue weighted by Gasteiger charge is -2.13. The van der Waals surface area contributed by atoms with Gasteiger partial charge in [0, 0.05) is 22.9 Å². The van der Waals surface area contributed by atoms with Crippen LogP contribution in [0.1, 0.15) is 11.1 Å². The second-order valence-corrected chi connectivity index (χ2v) is 6.96. The minimum atomic E-state index is -3.91. The molecule has 0 fully saturated rings. The smallest absolute Gasteiger partial charge is 0.267 e. The largest absolute Gasteiger partial charge is 0.366 e. The summed E-state index contributed by atoms with van der Waals surface area (Å²) in [6.07, 6.45) is 2.56. The molecule has 0 atom stereocenters. The van der Waals surface area contributed by atoms with E-state index in [0.717, 1.165) is 15.6 Å². The van der Waals surface area contributed by atoms with Crippen molar-refractivity contribution in [2.75, 3.05) is 4.72 Å². The fourth-order valence-corrected chi connectivity index (χ4v) is 3.82. The van der Waals surface area contributed by atoms with Crippen molar-refractivity contribution in [1.29, 1.82) is 0 Å². The van der Waals surface area contributed by atoms with E-state index in [4.69, 9.17) is 0 Å². The van der Waals surface area contributed by atoms with Crippen LogP contribution < -0.4 is 10.2 Å². The number of nitrogens with one attached hydrogen (secondary N) is 2. The molecule has 0 spiro atoms. The molecule has 0 aliphatic rings. The summed E-state index contributed by atoms with van der Waals surface area (Å²) in [5, 5.41) is 0. The highest BCUT2D eigenvalue weighted by atomic mass is 79.9. The van der Waals surface area contributed by atoms with Crippen LogP contribution in [0.5, 0.6) is 0 Å². The second-order valence-electron chi connectivity index (χ2n) is 4.39. The van der Waals surface area contributed by atoms with Crippen LogP contribution in [-0.4, -0.2) is 13.4 Å². The summed E-state index contributed by atoms with van der Waals surface area (Å²) < 4.78 is 27.9. The summed E-state index contributed by atoms with van der Waals surface area (Å²) >= 11 is 3.35. The molecule has 2 aromatic rings. The van der Waals surface area contributed by atoms with Gasteiger partial charge in [-0.05, 0) is 37.1 Å². The molecule has 0 saturated carbocycles. The Balaban J connectivity index is 2.50. The average molecular weight is 357 g/mol. The molecule has 0 bridgehead atoms. The van der Waals surface area contributed by atoms with Gasteiger partial charge >= 0.3 is 0 Å². The van der Waals surface area contributed by atoms with Crippen LogP contribution in [0.3, 0.4) is 0 Å². The maximum absolute atomic E-state index is 12.3. The fraction of sp³-hybridized carbons (Fsp3) is 0.154. The molecule has 0 saturated heterocycles. The zero-order valence-corrected chi connectivity index (χ0v) is 13.3. The molecule has 2 N–H and O–H groups in total. The first-order chi connectivity index (χ1) is 9.31. The van der Waals surface area contributed by atoms with Gasteiger partial charge in [0.1, 0.15) is 0 Å². The molecular weight excluding hydrogens is 344 g/mol. The number of benzene rings is 1. The van der Waals surface area contributed by atoms with E-state index in [1.54, 1.807) is 26.0 Å². The molecule has 106 valence electrons. The summed E-state index contributed by atoms with van der Waals surface area (Å²) in [5.74, 6) is 0. The van der Waals surface area contributed by atoms with Gasteiger partial charge in [0.25, 0.3) is 10.0 Å². The van der Waals surface area contributed by atoms with Crippen molar-refractivity contribution < 1.29 is 8.42 Å². The summed E-state index contributed by atoms with van der Waals surface area (Å²) in [7, 11) is -3.91. The summed E-state index contributed by atoms with van der Waals surface area (Å²) in [6.45, 7) is 3.59. The minimum Gasteiger partial charge on any atom is -0.366 e. The lowest BCUT2D eigenvalue weighted by atomic mass is 10.1. The van der Waals surface area contributed by atoms with E-state index in [1.165, 1.54) is 18.5 Å². The molecule has 0 radical (unpaired) electrons. The van der Waals surface area contributed by atoms with Crippen LogP contribution in [0.25, 0.3) is 0 Å². The number of hydrogen-bond donors (Lipinski definition) is 2. The Kier molecular flexibility index (Phi) is 4.01. The molecule has 5 nitrogen and oxygen atoms in total. The number of halogens is 1. The van der Waals surface area contributed by atoms with Gasteiger partial charge in [-0.25, -0.2) is 8.42 Å². The number of aryl methyl sites for hydroxylation is 2. The van der Waals surface area contributed by atoms with E-state index in [2.05, 4.69) is 25.6 Å². The average Bonchev–Trinajstić information content (AvgIpc) is 2.34. The number of rotatable bonds is 3.